The number of rotatable bonds is 9. The summed E-state index contributed by atoms with van der Waals surface area (Å²) in [6.45, 7) is 4.55. The molecule has 1 heterocycles. The minimum atomic E-state index is -0.569. The molecule has 0 amide bonds. The molecule has 0 aliphatic carbocycles. The molecular weight excluding hydrogens is 354 g/mol. The Morgan fingerprint density at radius 1 is 1.07 bits per heavy atom. The van der Waals surface area contributed by atoms with Crippen molar-refractivity contribution in [2.45, 2.75) is 38.7 Å². The highest BCUT2D eigenvalue weighted by atomic mass is 16.5. The van der Waals surface area contributed by atoms with Gasteiger partial charge in [0.15, 0.2) is 0 Å². The van der Waals surface area contributed by atoms with Crippen LogP contribution in [0.2, 0.25) is 0 Å². The second-order valence-corrected chi connectivity index (χ2v) is 7.39. The van der Waals surface area contributed by atoms with Crippen molar-refractivity contribution in [1.29, 1.82) is 0 Å². The van der Waals surface area contributed by atoms with E-state index in [1.54, 1.807) is 0 Å². The van der Waals surface area contributed by atoms with Crippen LogP contribution < -0.4 is 0 Å². The Bertz CT molecular complexity index is 722. The monoisotopic (exact) mass is 383 g/mol. The molecule has 1 aliphatic rings. The molecule has 3 atom stereocenters. The molecule has 28 heavy (non-hydrogen) atoms. The molecule has 3 rings (SSSR count). The molecule has 1 aliphatic heterocycles. The first-order chi connectivity index (χ1) is 13.6. The zero-order valence-corrected chi connectivity index (χ0v) is 16.4. The quantitative estimate of drug-likeness (QED) is 0.533. The molecule has 2 aromatic carbocycles. The van der Waals surface area contributed by atoms with Crippen LogP contribution >= 0.6 is 0 Å². The minimum absolute atomic E-state index is 0.104. The Balaban J connectivity index is 1.50. The molecule has 2 unspecified atom stereocenters. The number of carbonyl (C=O) groups excluding carboxylic acids is 1. The van der Waals surface area contributed by atoms with E-state index in [0.717, 1.165) is 12.1 Å². The molecular formula is C23H29NO4. The number of nitrogens with zero attached hydrogens (tertiary/aromatic N) is 1. The first-order valence-corrected chi connectivity index (χ1v) is 9.85. The zero-order valence-electron chi connectivity index (χ0n) is 16.4. The van der Waals surface area contributed by atoms with Gasteiger partial charge >= 0.3 is 5.97 Å². The number of likely N-dealkylation sites (tertiary alicyclic amines) is 1. The highest BCUT2D eigenvalue weighted by molar-refractivity contribution is 5.66. The summed E-state index contributed by atoms with van der Waals surface area (Å²) in [5, 5.41) is 10.7. The first kappa shape index (κ1) is 20.5. The molecule has 5 heteroatoms. The molecule has 0 bridgehead atoms. The smallest absolute Gasteiger partial charge is 0.302 e. The lowest BCUT2D eigenvalue weighted by Crippen LogP contribution is -2.34. The number of hydrogen-bond donors (Lipinski definition) is 1. The van der Waals surface area contributed by atoms with Gasteiger partial charge in [-0.1, -0.05) is 60.7 Å². The average molecular weight is 383 g/mol. The molecule has 2 aromatic rings. The summed E-state index contributed by atoms with van der Waals surface area (Å²) < 4.78 is 11.2. The van der Waals surface area contributed by atoms with Crippen LogP contribution in [0.15, 0.2) is 60.7 Å². The van der Waals surface area contributed by atoms with E-state index in [-0.39, 0.29) is 18.0 Å². The fraction of sp³-hybridized carbons (Fsp3) is 0.435. The molecule has 1 saturated heterocycles. The Morgan fingerprint density at radius 3 is 2.36 bits per heavy atom. The van der Waals surface area contributed by atoms with Crippen LogP contribution in [0.3, 0.4) is 0 Å². The summed E-state index contributed by atoms with van der Waals surface area (Å²) in [7, 11) is 0. The maximum Gasteiger partial charge on any atom is 0.302 e. The fourth-order valence-corrected chi connectivity index (χ4v) is 3.74. The van der Waals surface area contributed by atoms with Crippen LogP contribution in [0.25, 0.3) is 0 Å². The average Bonchev–Trinajstić information content (AvgIpc) is 3.08. The Morgan fingerprint density at radius 2 is 1.71 bits per heavy atom. The van der Waals surface area contributed by atoms with Crippen molar-refractivity contribution < 1.29 is 19.4 Å². The van der Waals surface area contributed by atoms with Crippen LogP contribution in [-0.2, 0) is 27.4 Å². The van der Waals surface area contributed by atoms with Crippen molar-refractivity contribution >= 4 is 5.97 Å². The van der Waals surface area contributed by atoms with E-state index < -0.39 is 6.10 Å². The molecule has 0 aromatic heterocycles. The van der Waals surface area contributed by atoms with Gasteiger partial charge in [-0.2, -0.15) is 0 Å². The second kappa shape index (κ2) is 10.4. The Hall–Kier alpha value is -2.21. The summed E-state index contributed by atoms with van der Waals surface area (Å²) >= 11 is 0. The van der Waals surface area contributed by atoms with Gasteiger partial charge in [0.2, 0.25) is 0 Å². The number of aliphatic hydroxyl groups is 1. The van der Waals surface area contributed by atoms with E-state index in [1.807, 2.05) is 48.5 Å². The lowest BCUT2D eigenvalue weighted by molar-refractivity contribution is -0.149. The zero-order chi connectivity index (χ0) is 19.8. The SMILES string of the molecule is CC(=O)O[C@@H]1CN(Cc2ccccc2)CC1C(O)CCOCc1ccccc1. The normalized spacial score (nSPS) is 20.8. The van der Waals surface area contributed by atoms with Gasteiger partial charge < -0.3 is 14.6 Å². The van der Waals surface area contributed by atoms with E-state index in [2.05, 4.69) is 17.0 Å². The van der Waals surface area contributed by atoms with Gasteiger partial charge in [-0.15, -0.1) is 0 Å². The number of carbonyl (C=O) groups is 1. The van der Waals surface area contributed by atoms with Crippen molar-refractivity contribution in [3.8, 4) is 0 Å². The van der Waals surface area contributed by atoms with Gasteiger partial charge in [-0.05, 0) is 17.5 Å². The van der Waals surface area contributed by atoms with Gasteiger partial charge in [0.05, 0.1) is 12.7 Å². The van der Waals surface area contributed by atoms with E-state index in [9.17, 15) is 9.90 Å². The third-order valence-corrected chi connectivity index (χ3v) is 5.11. The van der Waals surface area contributed by atoms with Crippen LogP contribution in [0, 0.1) is 5.92 Å². The maximum absolute atomic E-state index is 11.5. The standard InChI is InChI=1S/C23H29NO4/c1-18(25)28-23-16-24(14-19-8-4-2-5-9-19)15-21(23)22(26)12-13-27-17-20-10-6-3-7-11-20/h2-11,21-23,26H,12-17H2,1H3/t21?,22?,23-/m1/s1. The lowest BCUT2D eigenvalue weighted by atomic mass is 9.97. The molecule has 150 valence electrons. The molecule has 0 spiro atoms. The first-order valence-electron chi connectivity index (χ1n) is 9.85. The minimum Gasteiger partial charge on any atom is -0.461 e. The summed E-state index contributed by atoms with van der Waals surface area (Å²) in [4.78, 5) is 13.7. The number of ether oxygens (including phenoxy) is 2. The lowest BCUT2D eigenvalue weighted by Gasteiger charge is -2.23. The van der Waals surface area contributed by atoms with Crippen molar-refractivity contribution in [2.24, 2.45) is 5.92 Å². The van der Waals surface area contributed by atoms with E-state index in [4.69, 9.17) is 9.47 Å². The van der Waals surface area contributed by atoms with E-state index in [0.29, 0.717) is 32.7 Å². The third-order valence-electron chi connectivity index (χ3n) is 5.11. The van der Waals surface area contributed by atoms with Crippen molar-refractivity contribution in [3.63, 3.8) is 0 Å². The summed E-state index contributed by atoms with van der Waals surface area (Å²) in [5.74, 6) is -0.406. The molecule has 1 N–H and O–H groups in total. The van der Waals surface area contributed by atoms with Crippen LogP contribution in [-0.4, -0.2) is 47.9 Å². The highest BCUT2D eigenvalue weighted by Crippen LogP contribution is 2.26. The summed E-state index contributed by atoms with van der Waals surface area (Å²) in [6.07, 6.45) is -0.333. The topological polar surface area (TPSA) is 59.0 Å². The highest BCUT2D eigenvalue weighted by Gasteiger charge is 2.39. The summed E-state index contributed by atoms with van der Waals surface area (Å²) in [6, 6.07) is 20.2. The van der Waals surface area contributed by atoms with Crippen LogP contribution in [0.1, 0.15) is 24.5 Å². The molecule has 0 saturated carbocycles. The van der Waals surface area contributed by atoms with Gasteiger partial charge in [-0.25, -0.2) is 0 Å². The molecule has 0 radical (unpaired) electrons. The number of esters is 1. The molecule has 1 fully saturated rings. The van der Waals surface area contributed by atoms with Crippen LogP contribution in [0.5, 0.6) is 0 Å². The number of aliphatic hydroxyl groups excluding tert-OH is 1. The Labute approximate surface area is 166 Å². The van der Waals surface area contributed by atoms with Crippen molar-refractivity contribution in [1.82, 2.24) is 4.90 Å². The summed E-state index contributed by atoms with van der Waals surface area (Å²) in [5.41, 5.74) is 2.33. The maximum atomic E-state index is 11.5. The number of hydrogen-bond acceptors (Lipinski definition) is 5. The van der Waals surface area contributed by atoms with Gasteiger partial charge in [-0.3, -0.25) is 9.69 Å². The number of benzene rings is 2. The fourth-order valence-electron chi connectivity index (χ4n) is 3.74. The van der Waals surface area contributed by atoms with E-state index >= 15 is 0 Å². The second-order valence-electron chi connectivity index (χ2n) is 7.39. The largest absolute Gasteiger partial charge is 0.461 e. The molecule has 5 nitrogen and oxygen atoms in total. The van der Waals surface area contributed by atoms with Crippen molar-refractivity contribution in [3.05, 3.63) is 71.8 Å². The predicted molar refractivity (Wildman–Crippen MR) is 107 cm³/mol. The van der Waals surface area contributed by atoms with E-state index in [1.165, 1.54) is 12.5 Å². The van der Waals surface area contributed by atoms with Crippen LogP contribution in [0.4, 0.5) is 0 Å². The van der Waals surface area contributed by atoms with Gasteiger partial charge in [0.1, 0.15) is 6.10 Å². The van der Waals surface area contributed by atoms with Gasteiger partial charge in [0, 0.05) is 39.1 Å². The third kappa shape index (κ3) is 6.16. The Kier molecular flexibility index (Phi) is 7.60. The van der Waals surface area contributed by atoms with Gasteiger partial charge in [0.25, 0.3) is 0 Å². The van der Waals surface area contributed by atoms with Crippen molar-refractivity contribution in [2.75, 3.05) is 19.7 Å². The predicted octanol–water partition coefficient (Wildman–Crippen LogP) is 3.02.